The van der Waals surface area contributed by atoms with Crippen LogP contribution in [-0.4, -0.2) is 37.6 Å². The van der Waals surface area contributed by atoms with Gasteiger partial charge in [0.15, 0.2) is 0 Å². The van der Waals surface area contributed by atoms with Crippen LogP contribution < -0.4 is 15.4 Å². The monoisotopic (exact) mass is 357 g/mol. The van der Waals surface area contributed by atoms with Gasteiger partial charge in [0, 0.05) is 36.6 Å². The molecule has 0 fully saturated rings. The Balaban J connectivity index is 0.000000412. The number of fused-ring (bicyclic) bond motifs is 1. The number of carbonyl (C=O) groups excluding carboxylic acids is 3. The summed E-state index contributed by atoms with van der Waals surface area (Å²) in [6, 6.07) is 5.98. The van der Waals surface area contributed by atoms with Crippen LogP contribution in [0.4, 0.5) is 5.69 Å². The number of rotatable bonds is 10. The number of nitrogens with zero attached hydrogens (tertiary/aromatic N) is 1. The highest BCUT2D eigenvalue weighted by molar-refractivity contribution is 5.93. The van der Waals surface area contributed by atoms with Crippen molar-refractivity contribution in [2.45, 2.75) is 19.3 Å². The van der Waals surface area contributed by atoms with E-state index in [1.54, 1.807) is 0 Å². The lowest BCUT2D eigenvalue weighted by atomic mass is 10.1. The van der Waals surface area contributed by atoms with E-state index in [1.807, 2.05) is 37.6 Å². The van der Waals surface area contributed by atoms with Crippen LogP contribution in [-0.2, 0) is 14.4 Å². The minimum absolute atomic E-state index is 0.486. The van der Waals surface area contributed by atoms with Crippen molar-refractivity contribution in [2.75, 3.05) is 19.0 Å². The fraction of sp³-hybridized carbons (Fsp3) is 0.263. The van der Waals surface area contributed by atoms with E-state index in [2.05, 4.69) is 15.6 Å². The lowest BCUT2D eigenvalue weighted by Crippen LogP contribution is -1.98. The van der Waals surface area contributed by atoms with E-state index in [4.69, 9.17) is 4.74 Å². The highest BCUT2D eigenvalue weighted by Gasteiger charge is 2.02. The lowest BCUT2D eigenvalue weighted by Gasteiger charge is -2.09. The molecule has 0 radical (unpaired) electrons. The van der Waals surface area contributed by atoms with Crippen molar-refractivity contribution in [3.63, 3.8) is 0 Å². The number of benzene rings is 1. The standard InChI is InChI=1S/C15H18N2O2.C4H5NO2/c1-16-15-11-17-10-12-9-13(5-6-14(12)15)19-8-4-2-3-7-18;6-3-1-2-5-4-7/h5-7,9-11,16H,2-4,8H2,1H3;1-4H,(H,5,7)/b;2-1-. The van der Waals surface area contributed by atoms with Gasteiger partial charge in [0.05, 0.1) is 18.5 Å². The first kappa shape index (κ1) is 20.8. The molecular weight excluding hydrogens is 334 g/mol. The Morgan fingerprint density at radius 1 is 1.15 bits per heavy atom. The maximum absolute atomic E-state index is 10.2. The third kappa shape index (κ3) is 7.57. The zero-order valence-corrected chi connectivity index (χ0v) is 14.7. The number of allylic oxidation sites excluding steroid dienone is 1. The number of anilines is 1. The molecule has 0 unspecified atom stereocenters. The molecule has 2 aromatic rings. The smallest absolute Gasteiger partial charge is 0.211 e. The lowest BCUT2D eigenvalue weighted by molar-refractivity contribution is -0.109. The summed E-state index contributed by atoms with van der Waals surface area (Å²) in [4.78, 5) is 33.2. The Morgan fingerprint density at radius 3 is 2.69 bits per heavy atom. The number of aldehydes is 2. The molecule has 1 aromatic heterocycles. The summed E-state index contributed by atoms with van der Waals surface area (Å²) in [5.41, 5.74) is 1.01. The maximum atomic E-state index is 10.2. The minimum atomic E-state index is 0.486. The first-order valence-electron chi connectivity index (χ1n) is 8.18. The Labute approximate surface area is 152 Å². The van der Waals surface area contributed by atoms with Gasteiger partial charge in [0.2, 0.25) is 6.41 Å². The highest BCUT2D eigenvalue weighted by Crippen LogP contribution is 2.25. The molecular formula is C19H23N3O4. The third-order valence-electron chi connectivity index (χ3n) is 3.32. The molecule has 0 saturated carbocycles. The van der Waals surface area contributed by atoms with Crippen molar-refractivity contribution in [1.29, 1.82) is 0 Å². The number of unbranched alkanes of at least 4 members (excludes halogenated alkanes) is 2. The van der Waals surface area contributed by atoms with Gasteiger partial charge in [-0.15, -0.1) is 0 Å². The van der Waals surface area contributed by atoms with Gasteiger partial charge < -0.3 is 20.2 Å². The predicted molar refractivity (Wildman–Crippen MR) is 101 cm³/mol. The molecule has 0 saturated heterocycles. The zero-order valence-electron chi connectivity index (χ0n) is 14.7. The van der Waals surface area contributed by atoms with Crippen LogP contribution in [0, 0.1) is 0 Å². The number of carbonyl (C=O) groups is 3. The number of pyridine rings is 1. The second kappa shape index (κ2) is 13.1. The topological polar surface area (TPSA) is 97.4 Å². The summed E-state index contributed by atoms with van der Waals surface area (Å²) in [5, 5.41) is 7.46. The van der Waals surface area contributed by atoms with Gasteiger partial charge >= 0.3 is 0 Å². The number of nitrogens with one attached hydrogen (secondary N) is 2. The van der Waals surface area contributed by atoms with Crippen molar-refractivity contribution < 1.29 is 19.1 Å². The van der Waals surface area contributed by atoms with Crippen LogP contribution in [0.2, 0.25) is 0 Å². The van der Waals surface area contributed by atoms with E-state index in [0.29, 0.717) is 25.7 Å². The van der Waals surface area contributed by atoms with E-state index in [0.717, 1.165) is 41.3 Å². The molecule has 1 heterocycles. The fourth-order valence-electron chi connectivity index (χ4n) is 2.10. The van der Waals surface area contributed by atoms with Crippen LogP contribution in [0.15, 0.2) is 42.9 Å². The van der Waals surface area contributed by atoms with E-state index < -0.39 is 0 Å². The van der Waals surface area contributed by atoms with E-state index in [-0.39, 0.29) is 0 Å². The SMILES string of the molecule is CNc1cncc2cc(OCCCCC=O)ccc12.O=C/C=C\NC=O. The largest absolute Gasteiger partial charge is 0.494 e. The molecule has 138 valence electrons. The molecule has 0 spiro atoms. The van der Waals surface area contributed by atoms with Crippen LogP contribution in [0.3, 0.4) is 0 Å². The molecule has 1 amide bonds. The van der Waals surface area contributed by atoms with Gasteiger partial charge in [-0.1, -0.05) is 0 Å². The molecule has 0 atom stereocenters. The summed E-state index contributed by atoms with van der Waals surface area (Å²) in [5.74, 6) is 0.841. The number of aromatic nitrogens is 1. The molecule has 0 aliphatic carbocycles. The molecule has 2 rings (SSSR count). The average molecular weight is 357 g/mol. The van der Waals surface area contributed by atoms with E-state index >= 15 is 0 Å². The second-order valence-electron chi connectivity index (χ2n) is 5.11. The van der Waals surface area contributed by atoms with Crippen molar-refractivity contribution in [3.8, 4) is 5.75 Å². The molecule has 2 N–H and O–H groups in total. The molecule has 0 aliphatic heterocycles. The molecule has 7 heteroatoms. The normalized spacial score (nSPS) is 9.88. The average Bonchev–Trinajstić information content (AvgIpc) is 2.68. The van der Waals surface area contributed by atoms with Gasteiger partial charge in [-0.05, 0) is 37.1 Å². The Hall–Kier alpha value is -3.22. The predicted octanol–water partition coefficient (Wildman–Crippen LogP) is 2.47. The number of amides is 1. The summed E-state index contributed by atoms with van der Waals surface area (Å²) < 4.78 is 5.67. The molecule has 26 heavy (non-hydrogen) atoms. The van der Waals surface area contributed by atoms with Gasteiger partial charge in [-0.25, -0.2) is 0 Å². The zero-order chi connectivity index (χ0) is 19.0. The van der Waals surface area contributed by atoms with E-state index in [9.17, 15) is 14.4 Å². The van der Waals surface area contributed by atoms with Crippen molar-refractivity contribution >= 4 is 35.4 Å². The van der Waals surface area contributed by atoms with Crippen LogP contribution >= 0.6 is 0 Å². The van der Waals surface area contributed by atoms with Gasteiger partial charge in [-0.3, -0.25) is 14.6 Å². The number of ether oxygens (including phenoxy) is 1. The van der Waals surface area contributed by atoms with Crippen molar-refractivity contribution in [1.82, 2.24) is 10.3 Å². The Morgan fingerprint density at radius 2 is 2.00 bits per heavy atom. The second-order valence-corrected chi connectivity index (χ2v) is 5.11. The van der Waals surface area contributed by atoms with Crippen LogP contribution in [0.1, 0.15) is 19.3 Å². The first-order chi connectivity index (χ1) is 12.8. The van der Waals surface area contributed by atoms with Crippen LogP contribution in [0.5, 0.6) is 5.75 Å². The first-order valence-corrected chi connectivity index (χ1v) is 8.18. The summed E-state index contributed by atoms with van der Waals surface area (Å²) in [6.07, 6.45) is 10.5. The van der Waals surface area contributed by atoms with Crippen LogP contribution in [0.25, 0.3) is 10.8 Å². The fourth-order valence-corrected chi connectivity index (χ4v) is 2.10. The van der Waals surface area contributed by atoms with Crippen molar-refractivity contribution in [2.24, 2.45) is 0 Å². The molecule has 0 bridgehead atoms. The van der Waals surface area contributed by atoms with Gasteiger partial charge in [-0.2, -0.15) is 0 Å². The number of hydrogen-bond acceptors (Lipinski definition) is 6. The molecule has 1 aromatic carbocycles. The highest BCUT2D eigenvalue weighted by atomic mass is 16.5. The van der Waals surface area contributed by atoms with Crippen molar-refractivity contribution in [3.05, 3.63) is 42.9 Å². The molecule has 0 aliphatic rings. The number of hydrogen-bond donors (Lipinski definition) is 2. The summed E-state index contributed by atoms with van der Waals surface area (Å²) in [7, 11) is 1.88. The quantitative estimate of drug-likeness (QED) is 0.385. The maximum Gasteiger partial charge on any atom is 0.211 e. The Bertz CT molecular complexity index is 732. The third-order valence-corrected chi connectivity index (χ3v) is 3.32. The van der Waals surface area contributed by atoms with E-state index in [1.165, 1.54) is 12.3 Å². The summed E-state index contributed by atoms with van der Waals surface area (Å²) in [6.45, 7) is 0.637. The van der Waals surface area contributed by atoms with Gasteiger partial charge in [0.25, 0.3) is 0 Å². The minimum Gasteiger partial charge on any atom is -0.494 e. The van der Waals surface area contributed by atoms with Gasteiger partial charge in [0.1, 0.15) is 18.3 Å². The molecule has 7 nitrogen and oxygen atoms in total. The summed E-state index contributed by atoms with van der Waals surface area (Å²) >= 11 is 0. The Kier molecular flexibility index (Phi) is 10.5.